The van der Waals surface area contributed by atoms with Crippen LogP contribution < -0.4 is 15.2 Å². The van der Waals surface area contributed by atoms with E-state index in [1.54, 1.807) is 23.9 Å². The van der Waals surface area contributed by atoms with E-state index in [1.165, 1.54) is 6.07 Å². The lowest BCUT2D eigenvalue weighted by Crippen LogP contribution is -2.33. The Morgan fingerprint density at radius 3 is 2.81 bits per heavy atom. The van der Waals surface area contributed by atoms with Gasteiger partial charge in [-0.15, -0.1) is 0 Å². The van der Waals surface area contributed by atoms with Crippen LogP contribution in [-0.2, 0) is 10.0 Å². The molecule has 118 valence electrons. The second-order valence-electron chi connectivity index (χ2n) is 5.13. The van der Waals surface area contributed by atoms with E-state index < -0.39 is 10.0 Å². The highest BCUT2D eigenvalue weighted by molar-refractivity contribution is 7.99. The lowest BCUT2D eigenvalue weighted by Gasteiger charge is -2.16. The minimum atomic E-state index is -3.61. The molecule has 3 N–H and O–H groups in total. The Kier molecular flexibility index (Phi) is 5.40. The van der Waals surface area contributed by atoms with E-state index in [9.17, 15) is 8.42 Å². The fourth-order valence-corrected chi connectivity index (χ4v) is 4.81. The molecule has 1 fully saturated rings. The number of benzene rings is 1. The van der Waals surface area contributed by atoms with Crippen molar-refractivity contribution in [1.29, 1.82) is 0 Å². The third-order valence-electron chi connectivity index (χ3n) is 3.60. The number of sulfonamides is 1. The SMILES string of the molecule is CCOc1ccc(N)cc1S(=O)(=O)NC1CCC(SC)C1. The van der Waals surface area contributed by atoms with E-state index in [1.807, 2.05) is 6.92 Å². The van der Waals surface area contributed by atoms with Gasteiger partial charge in [-0.2, -0.15) is 11.8 Å². The van der Waals surface area contributed by atoms with Crippen LogP contribution in [0.1, 0.15) is 26.2 Å². The molecule has 0 saturated heterocycles. The summed E-state index contributed by atoms with van der Waals surface area (Å²) in [6.07, 6.45) is 4.85. The van der Waals surface area contributed by atoms with Gasteiger partial charge in [0.1, 0.15) is 10.6 Å². The lowest BCUT2D eigenvalue weighted by atomic mass is 10.3. The molecule has 0 aliphatic heterocycles. The molecule has 7 heteroatoms. The summed E-state index contributed by atoms with van der Waals surface area (Å²) in [5.74, 6) is 0.346. The first-order valence-electron chi connectivity index (χ1n) is 7.03. The minimum Gasteiger partial charge on any atom is -0.492 e. The predicted octanol–water partition coefficient (Wildman–Crippen LogP) is 2.23. The van der Waals surface area contributed by atoms with Gasteiger partial charge >= 0.3 is 0 Å². The van der Waals surface area contributed by atoms with Gasteiger partial charge in [-0.25, -0.2) is 13.1 Å². The molecule has 1 aliphatic carbocycles. The van der Waals surface area contributed by atoms with Gasteiger partial charge in [0.25, 0.3) is 0 Å². The van der Waals surface area contributed by atoms with Gasteiger partial charge in [-0.05, 0) is 50.6 Å². The molecule has 1 aromatic carbocycles. The van der Waals surface area contributed by atoms with Gasteiger partial charge < -0.3 is 10.5 Å². The van der Waals surface area contributed by atoms with Crippen molar-refractivity contribution in [2.75, 3.05) is 18.6 Å². The molecule has 0 spiro atoms. The summed E-state index contributed by atoms with van der Waals surface area (Å²) >= 11 is 1.79. The molecule has 0 bridgehead atoms. The molecular formula is C14H22N2O3S2. The second kappa shape index (κ2) is 6.89. The standard InChI is InChI=1S/C14H22N2O3S2/c1-3-19-13-7-4-10(15)8-14(13)21(17,18)16-11-5-6-12(9-11)20-2/h4,7-8,11-12,16H,3,5-6,9,15H2,1-2H3. The van der Waals surface area contributed by atoms with Gasteiger partial charge in [-0.3, -0.25) is 0 Å². The summed E-state index contributed by atoms with van der Waals surface area (Å²) in [5.41, 5.74) is 6.13. The Labute approximate surface area is 130 Å². The monoisotopic (exact) mass is 330 g/mol. The summed E-state index contributed by atoms with van der Waals surface area (Å²) in [5, 5.41) is 0.532. The van der Waals surface area contributed by atoms with Gasteiger partial charge in [0.2, 0.25) is 10.0 Å². The number of nitrogen functional groups attached to an aromatic ring is 1. The first kappa shape index (κ1) is 16.5. The Bertz CT molecular complexity index is 590. The van der Waals surface area contributed by atoms with E-state index in [-0.39, 0.29) is 10.9 Å². The van der Waals surface area contributed by atoms with Crippen LogP contribution in [0.3, 0.4) is 0 Å². The second-order valence-corrected chi connectivity index (χ2v) is 7.95. The average molecular weight is 330 g/mol. The molecule has 1 saturated carbocycles. The minimum absolute atomic E-state index is 0.0108. The maximum Gasteiger partial charge on any atom is 0.244 e. The fraction of sp³-hybridized carbons (Fsp3) is 0.571. The van der Waals surface area contributed by atoms with Crippen molar-refractivity contribution in [3.05, 3.63) is 18.2 Å². The summed E-state index contributed by atoms with van der Waals surface area (Å²) in [7, 11) is -3.61. The third kappa shape index (κ3) is 4.05. The topological polar surface area (TPSA) is 81.4 Å². The number of ether oxygens (including phenoxy) is 1. The Morgan fingerprint density at radius 2 is 2.19 bits per heavy atom. The Morgan fingerprint density at radius 1 is 1.43 bits per heavy atom. The summed E-state index contributed by atoms with van der Waals surface area (Å²) in [6.45, 7) is 2.23. The molecular weight excluding hydrogens is 308 g/mol. The molecule has 21 heavy (non-hydrogen) atoms. The van der Waals surface area contributed by atoms with Crippen LogP contribution in [0, 0.1) is 0 Å². The van der Waals surface area contributed by atoms with Crippen molar-refractivity contribution in [2.24, 2.45) is 0 Å². The van der Waals surface area contributed by atoms with E-state index in [0.717, 1.165) is 19.3 Å². The van der Waals surface area contributed by atoms with Gasteiger partial charge in [0.05, 0.1) is 6.61 Å². The maximum absolute atomic E-state index is 12.6. The Hall–Kier alpha value is -0.920. The van der Waals surface area contributed by atoms with Crippen molar-refractivity contribution in [3.63, 3.8) is 0 Å². The quantitative estimate of drug-likeness (QED) is 0.782. The summed E-state index contributed by atoms with van der Waals surface area (Å²) < 4.78 is 33.3. The zero-order valence-corrected chi connectivity index (χ0v) is 14.0. The number of hydrogen-bond donors (Lipinski definition) is 2. The van der Waals surface area contributed by atoms with Gasteiger partial charge in [0.15, 0.2) is 0 Å². The average Bonchev–Trinajstić information content (AvgIpc) is 2.88. The highest BCUT2D eigenvalue weighted by atomic mass is 32.2. The summed E-state index contributed by atoms with van der Waals surface area (Å²) in [6, 6.07) is 4.69. The maximum atomic E-state index is 12.6. The van der Waals surface area contributed by atoms with Crippen molar-refractivity contribution in [3.8, 4) is 5.75 Å². The fourth-order valence-electron chi connectivity index (χ4n) is 2.55. The first-order valence-corrected chi connectivity index (χ1v) is 9.80. The van der Waals surface area contributed by atoms with Crippen LogP contribution in [0.25, 0.3) is 0 Å². The normalized spacial score (nSPS) is 22.4. The number of nitrogens with two attached hydrogens (primary N) is 1. The summed E-state index contributed by atoms with van der Waals surface area (Å²) in [4.78, 5) is 0.122. The predicted molar refractivity (Wildman–Crippen MR) is 87.3 cm³/mol. The van der Waals surface area contributed by atoms with E-state index >= 15 is 0 Å². The smallest absolute Gasteiger partial charge is 0.244 e. The first-order chi connectivity index (χ1) is 9.96. The highest BCUT2D eigenvalue weighted by Gasteiger charge is 2.29. The van der Waals surface area contributed by atoms with Gasteiger partial charge in [0, 0.05) is 17.0 Å². The van der Waals surface area contributed by atoms with Crippen LogP contribution in [0.4, 0.5) is 5.69 Å². The highest BCUT2D eigenvalue weighted by Crippen LogP contribution is 2.31. The van der Waals surface area contributed by atoms with E-state index in [0.29, 0.717) is 23.3 Å². The van der Waals surface area contributed by atoms with Crippen LogP contribution >= 0.6 is 11.8 Å². The molecule has 0 amide bonds. The zero-order valence-electron chi connectivity index (χ0n) is 12.3. The number of hydrogen-bond acceptors (Lipinski definition) is 5. The van der Waals surface area contributed by atoms with Crippen LogP contribution in [0.2, 0.25) is 0 Å². The number of nitrogens with one attached hydrogen (secondary N) is 1. The van der Waals surface area contributed by atoms with Crippen molar-refractivity contribution in [1.82, 2.24) is 4.72 Å². The number of anilines is 1. The molecule has 2 rings (SSSR count). The molecule has 0 radical (unpaired) electrons. The van der Waals surface area contributed by atoms with Crippen LogP contribution in [0.5, 0.6) is 5.75 Å². The molecule has 1 aromatic rings. The Balaban J connectivity index is 2.21. The molecule has 2 unspecified atom stereocenters. The van der Waals surface area contributed by atoms with E-state index in [4.69, 9.17) is 10.5 Å². The van der Waals surface area contributed by atoms with Gasteiger partial charge in [-0.1, -0.05) is 0 Å². The van der Waals surface area contributed by atoms with Crippen molar-refractivity contribution >= 4 is 27.5 Å². The van der Waals surface area contributed by atoms with Crippen LogP contribution in [-0.4, -0.2) is 32.6 Å². The van der Waals surface area contributed by atoms with Crippen LogP contribution in [0.15, 0.2) is 23.1 Å². The van der Waals surface area contributed by atoms with Crippen molar-refractivity contribution in [2.45, 2.75) is 42.4 Å². The third-order valence-corrected chi connectivity index (χ3v) is 6.23. The van der Waals surface area contributed by atoms with Crippen molar-refractivity contribution < 1.29 is 13.2 Å². The number of thioether (sulfide) groups is 1. The molecule has 5 nitrogen and oxygen atoms in total. The number of rotatable bonds is 6. The van der Waals surface area contributed by atoms with E-state index in [2.05, 4.69) is 11.0 Å². The molecule has 0 aromatic heterocycles. The molecule has 1 aliphatic rings. The molecule has 2 atom stereocenters. The zero-order chi connectivity index (χ0) is 15.5. The molecule has 0 heterocycles. The lowest BCUT2D eigenvalue weighted by molar-refractivity contribution is 0.331. The largest absolute Gasteiger partial charge is 0.492 e.